The van der Waals surface area contributed by atoms with Gasteiger partial charge in [0.2, 0.25) is 0 Å². The first-order chi connectivity index (χ1) is 26.8. The van der Waals surface area contributed by atoms with Crippen LogP contribution in [-0.4, -0.2) is 0 Å². The predicted molar refractivity (Wildman–Crippen MR) is 229 cm³/mol. The van der Waals surface area contributed by atoms with Gasteiger partial charge in [-0.1, -0.05) is 158 Å². The van der Waals surface area contributed by atoms with Crippen molar-refractivity contribution in [2.45, 2.75) is 0 Å². The molecule has 252 valence electrons. The van der Waals surface area contributed by atoms with Gasteiger partial charge in [0.15, 0.2) is 0 Å². The molecule has 0 atom stereocenters. The second-order valence-corrected chi connectivity index (χ2v) is 14.0. The number of nitrogens with zero attached hydrogens (tertiary/aromatic N) is 1. The summed E-state index contributed by atoms with van der Waals surface area (Å²) in [6, 6.07) is 72.2. The molecule has 0 saturated heterocycles. The van der Waals surface area contributed by atoms with Gasteiger partial charge in [0, 0.05) is 21.8 Å². The zero-order valence-corrected chi connectivity index (χ0v) is 29.4. The molecule has 0 fully saturated rings. The van der Waals surface area contributed by atoms with E-state index in [2.05, 4.69) is 205 Å². The van der Waals surface area contributed by atoms with Crippen molar-refractivity contribution in [3.05, 3.63) is 200 Å². The van der Waals surface area contributed by atoms with Crippen LogP contribution in [0.3, 0.4) is 0 Å². The minimum absolute atomic E-state index is 0.869. The highest BCUT2D eigenvalue weighted by molar-refractivity contribution is 6.21. The second-order valence-electron chi connectivity index (χ2n) is 14.0. The molecule has 0 aliphatic rings. The maximum atomic E-state index is 6.72. The molecule has 2 nitrogen and oxygen atoms in total. The molecular weight excluding hydrogens is 655 g/mol. The molecule has 0 unspecified atom stereocenters. The van der Waals surface area contributed by atoms with Crippen molar-refractivity contribution in [1.29, 1.82) is 0 Å². The Morgan fingerprint density at radius 3 is 1.76 bits per heavy atom. The topological polar surface area (TPSA) is 16.4 Å². The Hall–Kier alpha value is -7.16. The van der Waals surface area contributed by atoms with Gasteiger partial charge in [0.1, 0.15) is 11.2 Å². The molecule has 54 heavy (non-hydrogen) atoms. The van der Waals surface area contributed by atoms with Crippen molar-refractivity contribution in [2.24, 2.45) is 0 Å². The largest absolute Gasteiger partial charge is 0.455 e. The Balaban J connectivity index is 1.18. The van der Waals surface area contributed by atoms with Crippen molar-refractivity contribution >= 4 is 82.1 Å². The van der Waals surface area contributed by atoms with Gasteiger partial charge in [0.25, 0.3) is 0 Å². The molecule has 0 saturated carbocycles. The quantitative estimate of drug-likeness (QED) is 0.168. The van der Waals surface area contributed by atoms with Gasteiger partial charge in [-0.05, 0) is 97.0 Å². The maximum Gasteiger partial charge on any atom is 0.143 e. The third-order valence-electron chi connectivity index (χ3n) is 11.0. The molecule has 10 aromatic carbocycles. The summed E-state index contributed by atoms with van der Waals surface area (Å²) in [6.45, 7) is 0. The lowest BCUT2D eigenvalue weighted by Crippen LogP contribution is -2.11. The Morgan fingerprint density at radius 1 is 0.333 bits per heavy atom. The second kappa shape index (κ2) is 12.2. The lowest BCUT2D eigenvalue weighted by molar-refractivity contribution is 0.672. The number of fused-ring (bicyclic) bond motifs is 9. The van der Waals surface area contributed by atoms with E-state index in [1.807, 2.05) is 0 Å². The lowest BCUT2D eigenvalue weighted by Gasteiger charge is -2.28. The molecule has 1 heterocycles. The van der Waals surface area contributed by atoms with Crippen LogP contribution in [0.25, 0.3) is 87.3 Å². The monoisotopic (exact) mass is 687 g/mol. The van der Waals surface area contributed by atoms with Crippen molar-refractivity contribution in [1.82, 2.24) is 0 Å². The number of furan rings is 1. The molecule has 11 aromatic rings. The Labute approximate surface area is 312 Å². The van der Waals surface area contributed by atoms with E-state index in [-0.39, 0.29) is 0 Å². The summed E-state index contributed by atoms with van der Waals surface area (Å²) in [6.07, 6.45) is 0. The highest BCUT2D eigenvalue weighted by Gasteiger charge is 2.23. The predicted octanol–water partition coefficient (Wildman–Crippen LogP) is 15.0. The van der Waals surface area contributed by atoms with Crippen LogP contribution in [0, 0.1) is 0 Å². The molecule has 0 N–H and O–H groups in total. The highest BCUT2D eigenvalue weighted by Crippen LogP contribution is 2.48. The molecular formula is C52H33NO. The SMILES string of the molecule is c1ccc(-c2ccc(N(c3ccc(-c4cc5ccccc5c5ccccc45)c4ccccc34)c3cccc4oc5c6ccccc6ccc5c34)cc2)cc1. The number of benzene rings is 10. The van der Waals surface area contributed by atoms with Gasteiger partial charge in [0.05, 0.1) is 16.8 Å². The van der Waals surface area contributed by atoms with E-state index in [4.69, 9.17) is 4.42 Å². The molecule has 2 heteroatoms. The zero-order valence-electron chi connectivity index (χ0n) is 29.4. The van der Waals surface area contributed by atoms with Crippen LogP contribution in [0.4, 0.5) is 17.1 Å². The van der Waals surface area contributed by atoms with Crippen LogP contribution in [0.5, 0.6) is 0 Å². The first-order valence-electron chi connectivity index (χ1n) is 18.5. The molecule has 0 spiro atoms. The van der Waals surface area contributed by atoms with Gasteiger partial charge >= 0.3 is 0 Å². The summed E-state index contributed by atoms with van der Waals surface area (Å²) in [7, 11) is 0. The van der Waals surface area contributed by atoms with E-state index in [1.54, 1.807) is 0 Å². The van der Waals surface area contributed by atoms with E-state index < -0.39 is 0 Å². The number of hydrogen-bond acceptors (Lipinski definition) is 2. The number of anilines is 3. The summed E-state index contributed by atoms with van der Waals surface area (Å²) < 4.78 is 6.72. The van der Waals surface area contributed by atoms with E-state index in [0.29, 0.717) is 0 Å². The summed E-state index contributed by atoms with van der Waals surface area (Å²) in [4.78, 5) is 2.42. The highest BCUT2D eigenvalue weighted by atomic mass is 16.3. The molecule has 1 aromatic heterocycles. The normalized spacial score (nSPS) is 11.7. The van der Waals surface area contributed by atoms with Crippen molar-refractivity contribution < 1.29 is 4.42 Å². The van der Waals surface area contributed by atoms with Gasteiger partial charge < -0.3 is 9.32 Å². The van der Waals surface area contributed by atoms with Gasteiger partial charge in [-0.2, -0.15) is 0 Å². The minimum atomic E-state index is 0.869. The third kappa shape index (κ3) is 4.74. The van der Waals surface area contributed by atoms with E-state index in [0.717, 1.165) is 44.4 Å². The number of hydrogen-bond donors (Lipinski definition) is 0. The molecule has 0 bridgehead atoms. The zero-order chi connectivity index (χ0) is 35.6. The van der Waals surface area contributed by atoms with Crippen LogP contribution in [0.15, 0.2) is 205 Å². The molecule has 0 aliphatic heterocycles. The molecule has 0 aliphatic carbocycles. The summed E-state index contributed by atoms with van der Waals surface area (Å²) in [5, 5.41) is 11.9. The van der Waals surface area contributed by atoms with Gasteiger partial charge in [-0.3, -0.25) is 0 Å². The first-order valence-corrected chi connectivity index (χ1v) is 18.5. The van der Waals surface area contributed by atoms with Gasteiger partial charge in [-0.15, -0.1) is 0 Å². The molecule has 0 amide bonds. The minimum Gasteiger partial charge on any atom is -0.455 e. The van der Waals surface area contributed by atoms with Crippen LogP contribution in [0.1, 0.15) is 0 Å². The standard InChI is InChI=1S/C52H33NO/c1-2-13-34(14-3-1)35-25-28-38(29-26-35)53(49-23-12-24-50-51(49)46-30-27-36-15-4-7-18-40(36)52(46)54-50)48-32-31-44(42-20-10-11-22-45(42)48)47-33-37-16-5-6-17-39(37)41-19-8-9-21-43(41)47/h1-33H. The van der Waals surface area contributed by atoms with Crippen molar-refractivity contribution in [3.63, 3.8) is 0 Å². The van der Waals surface area contributed by atoms with Crippen molar-refractivity contribution in [3.8, 4) is 22.3 Å². The van der Waals surface area contributed by atoms with E-state index >= 15 is 0 Å². The van der Waals surface area contributed by atoms with Crippen LogP contribution in [0.2, 0.25) is 0 Å². The van der Waals surface area contributed by atoms with Crippen LogP contribution < -0.4 is 4.90 Å². The van der Waals surface area contributed by atoms with Gasteiger partial charge in [-0.25, -0.2) is 0 Å². The smallest absolute Gasteiger partial charge is 0.143 e. The first kappa shape index (κ1) is 30.5. The Bertz CT molecular complexity index is 3210. The van der Waals surface area contributed by atoms with E-state index in [1.165, 1.54) is 60.0 Å². The fourth-order valence-corrected chi connectivity index (χ4v) is 8.55. The Morgan fingerprint density at radius 2 is 0.963 bits per heavy atom. The third-order valence-corrected chi connectivity index (χ3v) is 11.0. The fraction of sp³-hybridized carbons (Fsp3) is 0. The summed E-state index contributed by atoms with van der Waals surface area (Å²) in [5.74, 6) is 0. The summed E-state index contributed by atoms with van der Waals surface area (Å²) in [5.41, 5.74) is 9.87. The number of rotatable bonds is 5. The van der Waals surface area contributed by atoms with E-state index in [9.17, 15) is 0 Å². The average molecular weight is 688 g/mol. The average Bonchev–Trinajstić information content (AvgIpc) is 3.64. The maximum absolute atomic E-state index is 6.72. The molecule has 11 rings (SSSR count). The fourth-order valence-electron chi connectivity index (χ4n) is 8.55. The summed E-state index contributed by atoms with van der Waals surface area (Å²) >= 11 is 0. The molecule has 0 radical (unpaired) electrons. The Kier molecular flexibility index (Phi) is 6.90. The van der Waals surface area contributed by atoms with Crippen LogP contribution in [-0.2, 0) is 0 Å². The van der Waals surface area contributed by atoms with Crippen LogP contribution >= 0.6 is 0 Å². The lowest BCUT2D eigenvalue weighted by atomic mass is 9.90. The van der Waals surface area contributed by atoms with Crippen molar-refractivity contribution in [2.75, 3.05) is 4.90 Å².